The summed E-state index contributed by atoms with van der Waals surface area (Å²) in [6.07, 6.45) is 0. The first-order valence-electron chi connectivity index (χ1n) is 4.91. The molecule has 0 aromatic heterocycles. The number of hydrogen-bond donors (Lipinski definition) is 0. The van der Waals surface area contributed by atoms with Crippen LogP contribution < -0.4 is 4.90 Å². The van der Waals surface area contributed by atoms with Crippen molar-refractivity contribution < 1.29 is 4.92 Å². The second-order valence-corrected chi connectivity index (χ2v) is 4.42. The summed E-state index contributed by atoms with van der Waals surface area (Å²) in [5.41, 5.74) is 0.675. The van der Waals surface area contributed by atoms with E-state index < -0.39 is 4.92 Å². The van der Waals surface area contributed by atoms with E-state index in [0.29, 0.717) is 24.8 Å². The van der Waals surface area contributed by atoms with Crippen LogP contribution in [0.1, 0.15) is 0 Å². The van der Waals surface area contributed by atoms with E-state index in [0.717, 1.165) is 5.69 Å². The Morgan fingerprint density at radius 2 is 1.82 bits per heavy atom. The van der Waals surface area contributed by atoms with Crippen molar-refractivity contribution in [2.75, 3.05) is 29.7 Å². The summed E-state index contributed by atoms with van der Waals surface area (Å²) in [5.74, 6) is 0.900. The van der Waals surface area contributed by atoms with Crippen LogP contribution in [0.4, 0.5) is 11.4 Å². The zero-order valence-corrected chi connectivity index (χ0v) is 11.2. The molecule has 0 saturated heterocycles. The van der Waals surface area contributed by atoms with Gasteiger partial charge in [0.05, 0.1) is 4.92 Å². The average molecular weight is 298 g/mol. The summed E-state index contributed by atoms with van der Waals surface area (Å²) in [7, 11) is 0. The molecule has 0 bridgehead atoms. The molecule has 94 valence electrons. The summed E-state index contributed by atoms with van der Waals surface area (Å²) in [6.45, 7) is 1.23. The van der Waals surface area contributed by atoms with Crippen molar-refractivity contribution in [3.8, 4) is 0 Å². The third-order valence-electron chi connectivity index (χ3n) is 2.20. The summed E-state index contributed by atoms with van der Waals surface area (Å²) >= 11 is 17.2. The van der Waals surface area contributed by atoms with Crippen LogP contribution in [-0.4, -0.2) is 29.8 Å². The second-order valence-electron chi connectivity index (χ2n) is 3.26. The molecule has 0 N–H and O–H groups in total. The number of benzene rings is 1. The number of alkyl halides is 2. The summed E-state index contributed by atoms with van der Waals surface area (Å²) < 4.78 is 0. The molecule has 17 heavy (non-hydrogen) atoms. The molecule has 0 heterocycles. The number of anilines is 1. The van der Waals surface area contributed by atoms with Crippen LogP contribution in [0.5, 0.6) is 0 Å². The van der Waals surface area contributed by atoms with Gasteiger partial charge in [-0.15, -0.1) is 23.2 Å². The van der Waals surface area contributed by atoms with Crippen LogP contribution in [0.25, 0.3) is 0 Å². The van der Waals surface area contributed by atoms with Gasteiger partial charge in [-0.05, 0) is 12.1 Å². The van der Waals surface area contributed by atoms with E-state index in [1.807, 2.05) is 4.90 Å². The minimum absolute atomic E-state index is 0.105. The lowest BCUT2D eigenvalue weighted by molar-refractivity contribution is -0.384. The second kappa shape index (κ2) is 6.89. The predicted molar refractivity (Wildman–Crippen MR) is 71.8 cm³/mol. The Bertz CT molecular complexity index is 395. The molecule has 0 aliphatic rings. The highest BCUT2D eigenvalue weighted by Crippen LogP contribution is 2.29. The molecule has 0 unspecified atom stereocenters. The van der Waals surface area contributed by atoms with Crippen molar-refractivity contribution in [1.82, 2.24) is 0 Å². The van der Waals surface area contributed by atoms with Crippen molar-refractivity contribution in [1.29, 1.82) is 0 Å². The molecule has 0 amide bonds. The van der Waals surface area contributed by atoms with Gasteiger partial charge in [-0.25, -0.2) is 0 Å². The van der Waals surface area contributed by atoms with E-state index in [1.54, 1.807) is 12.1 Å². The molecule has 4 nitrogen and oxygen atoms in total. The fraction of sp³-hybridized carbons (Fsp3) is 0.400. The minimum Gasteiger partial charge on any atom is -0.369 e. The van der Waals surface area contributed by atoms with Crippen LogP contribution in [-0.2, 0) is 0 Å². The van der Waals surface area contributed by atoms with Crippen molar-refractivity contribution in [3.05, 3.63) is 33.3 Å². The van der Waals surface area contributed by atoms with Gasteiger partial charge in [0.1, 0.15) is 5.02 Å². The summed E-state index contributed by atoms with van der Waals surface area (Å²) in [4.78, 5) is 12.0. The maximum Gasteiger partial charge on any atom is 0.288 e. The maximum atomic E-state index is 10.6. The molecule has 0 radical (unpaired) electrons. The monoisotopic (exact) mass is 296 g/mol. The molecule has 0 fully saturated rings. The van der Waals surface area contributed by atoms with Gasteiger partial charge < -0.3 is 4.90 Å². The average Bonchev–Trinajstić information content (AvgIpc) is 2.28. The normalized spacial score (nSPS) is 10.3. The van der Waals surface area contributed by atoms with Crippen LogP contribution >= 0.6 is 34.8 Å². The Morgan fingerprint density at radius 3 is 2.24 bits per heavy atom. The number of nitrogens with zero attached hydrogens (tertiary/aromatic N) is 2. The van der Waals surface area contributed by atoms with E-state index in [4.69, 9.17) is 34.8 Å². The number of nitro groups is 1. The first-order chi connectivity index (χ1) is 8.10. The number of halogens is 3. The topological polar surface area (TPSA) is 46.4 Å². The molecule has 1 aromatic carbocycles. The molecular formula is C10H11Cl3N2O2. The van der Waals surface area contributed by atoms with Crippen molar-refractivity contribution >= 4 is 46.2 Å². The summed E-state index contributed by atoms with van der Waals surface area (Å²) in [6, 6.07) is 4.58. The first-order valence-corrected chi connectivity index (χ1v) is 6.35. The molecule has 1 aromatic rings. The van der Waals surface area contributed by atoms with Gasteiger partial charge in [-0.3, -0.25) is 10.1 Å². The van der Waals surface area contributed by atoms with E-state index in [-0.39, 0.29) is 10.7 Å². The van der Waals surface area contributed by atoms with Crippen molar-refractivity contribution in [3.63, 3.8) is 0 Å². The SMILES string of the molecule is O=[N+]([O-])c1ccc(N(CCCl)CCCl)cc1Cl. The summed E-state index contributed by atoms with van der Waals surface area (Å²) in [5, 5.41) is 10.7. The molecule has 0 atom stereocenters. The molecule has 0 saturated carbocycles. The third-order valence-corrected chi connectivity index (χ3v) is 2.84. The molecular weight excluding hydrogens is 286 g/mol. The molecule has 7 heteroatoms. The van der Waals surface area contributed by atoms with Gasteiger partial charge in [0.2, 0.25) is 0 Å². The number of hydrogen-bond acceptors (Lipinski definition) is 3. The quantitative estimate of drug-likeness (QED) is 0.458. The fourth-order valence-electron chi connectivity index (χ4n) is 1.41. The maximum absolute atomic E-state index is 10.6. The first kappa shape index (κ1) is 14.4. The van der Waals surface area contributed by atoms with Gasteiger partial charge in [0.15, 0.2) is 0 Å². The van der Waals surface area contributed by atoms with Gasteiger partial charge in [-0.1, -0.05) is 11.6 Å². The Kier molecular flexibility index (Phi) is 5.82. The van der Waals surface area contributed by atoms with E-state index >= 15 is 0 Å². The minimum atomic E-state index is -0.514. The van der Waals surface area contributed by atoms with Gasteiger partial charge in [-0.2, -0.15) is 0 Å². The molecule has 0 spiro atoms. The Labute approximate surface area is 114 Å². The Hall–Kier alpha value is -0.710. The van der Waals surface area contributed by atoms with Crippen LogP contribution in [0.2, 0.25) is 5.02 Å². The lowest BCUT2D eigenvalue weighted by Gasteiger charge is -2.22. The van der Waals surface area contributed by atoms with Crippen LogP contribution in [0, 0.1) is 10.1 Å². The lowest BCUT2D eigenvalue weighted by Crippen LogP contribution is -2.27. The van der Waals surface area contributed by atoms with Crippen molar-refractivity contribution in [2.45, 2.75) is 0 Å². The lowest BCUT2D eigenvalue weighted by atomic mass is 10.2. The standard InChI is InChI=1S/C10H11Cl3N2O2/c11-3-5-14(6-4-12)8-1-2-10(15(16)17)9(13)7-8/h1-2,7H,3-6H2. The highest BCUT2D eigenvalue weighted by Gasteiger charge is 2.14. The Morgan fingerprint density at radius 1 is 1.24 bits per heavy atom. The van der Waals surface area contributed by atoms with Gasteiger partial charge in [0.25, 0.3) is 5.69 Å². The van der Waals surface area contributed by atoms with E-state index in [2.05, 4.69) is 0 Å². The zero-order chi connectivity index (χ0) is 12.8. The highest BCUT2D eigenvalue weighted by molar-refractivity contribution is 6.32. The third kappa shape index (κ3) is 3.91. The smallest absolute Gasteiger partial charge is 0.288 e. The zero-order valence-electron chi connectivity index (χ0n) is 8.91. The highest BCUT2D eigenvalue weighted by atomic mass is 35.5. The Balaban J connectivity index is 2.97. The van der Waals surface area contributed by atoms with Crippen molar-refractivity contribution in [2.24, 2.45) is 0 Å². The molecule has 1 rings (SSSR count). The predicted octanol–water partition coefficient (Wildman–Crippen LogP) is 3.53. The molecule has 0 aliphatic heterocycles. The fourth-order valence-corrected chi connectivity index (χ4v) is 2.07. The number of rotatable bonds is 6. The van der Waals surface area contributed by atoms with Crippen LogP contribution in [0.15, 0.2) is 18.2 Å². The number of nitro benzene ring substituents is 1. The van der Waals surface area contributed by atoms with Gasteiger partial charge >= 0.3 is 0 Å². The largest absolute Gasteiger partial charge is 0.369 e. The van der Waals surface area contributed by atoms with E-state index in [9.17, 15) is 10.1 Å². The van der Waals surface area contributed by atoms with E-state index in [1.165, 1.54) is 6.07 Å². The molecule has 0 aliphatic carbocycles. The van der Waals surface area contributed by atoms with Gasteiger partial charge in [0, 0.05) is 36.6 Å². The van der Waals surface area contributed by atoms with Crippen LogP contribution in [0.3, 0.4) is 0 Å².